The molecule has 1 aromatic carbocycles. The van der Waals surface area contributed by atoms with Gasteiger partial charge >= 0.3 is 0 Å². The molecule has 2 heterocycles. The van der Waals surface area contributed by atoms with Crippen LogP contribution in [-0.2, 0) is 5.75 Å². The second kappa shape index (κ2) is 7.58. The lowest BCUT2D eigenvalue weighted by Crippen LogP contribution is -2.02. The number of nitrogens with two attached hydrogens (primary N) is 1. The van der Waals surface area contributed by atoms with Crippen LogP contribution >= 0.6 is 34.7 Å². The van der Waals surface area contributed by atoms with Crippen LogP contribution in [0.2, 0.25) is 5.02 Å². The van der Waals surface area contributed by atoms with Crippen molar-refractivity contribution in [2.24, 2.45) is 0 Å². The summed E-state index contributed by atoms with van der Waals surface area (Å²) in [5.74, 6) is 0.732. The fourth-order valence-corrected chi connectivity index (χ4v) is 4.28. The fraction of sp³-hybridized carbons (Fsp3) is 0.0556. The number of hydrogen-bond donors (Lipinski definition) is 1. The van der Waals surface area contributed by atoms with Crippen LogP contribution in [0.5, 0.6) is 0 Å². The van der Waals surface area contributed by atoms with Crippen LogP contribution in [0.15, 0.2) is 46.8 Å². The predicted octanol–water partition coefficient (Wildman–Crippen LogP) is 5.08. The van der Waals surface area contributed by atoms with Gasteiger partial charge in [-0.3, -0.25) is 0 Å². The first kappa shape index (κ1) is 17.3. The summed E-state index contributed by atoms with van der Waals surface area (Å²) >= 11 is 8.87. The average Bonchev–Trinajstić information content (AvgIpc) is 3.13. The minimum atomic E-state index is 0.137. The number of benzene rings is 1. The molecule has 122 valence electrons. The van der Waals surface area contributed by atoms with E-state index in [1.165, 1.54) is 23.1 Å². The fourth-order valence-electron chi connectivity index (χ4n) is 2.35. The molecule has 3 rings (SSSR count). The Kier molecular flexibility index (Phi) is 5.25. The number of aromatic nitrogens is 1. The molecule has 0 aliphatic rings. The van der Waals surface area contributed by atoms with Gasteiger partial charge in [0.1, 0.15) is 28.5 Å². The van der Waals surface area contributed by atoms with Crippen LogP contribution in [-0.4, -0.2) is 4.98 Å². The Morgan fingerprint density at radius 1 is 1.16 bits per heavy atom. The Morgan fingerprint density at radius 3 is 2.60 bits per heavy atom. The highest BCUT2D eigenvalue weighted by Crippen LogP contribution is 2.38. The topological polar surface area (TPSA) is 86.5 Å². The number of anilines is 1. The molecule has 0 atom stereocenters. The summed E-state index contributed by atoms with van der Waals surface area (Å²) in [4.78, 5) is 5.12. The second-order valence-electron chi connectivity index (χ2n) is 5.05. The normalized spacial score (nSPS) is 10.2. The third-order valence-electron chi connectivity index (χ3n) is 3.45. The Balaban J connectivity index is 2.06. The highest BCUT2D eigenvalue weighted by molar-refractivity contribution is 7.98. The lowest BCUT2D eigenvalue weighted by atomic mass is 10.0. The van der Waals surface area contributed by atoms with Crippen molar-refractivity contribution < 1.29 is 0 Å². The Bertz CT molecular complexity index is 1000. The molecule has 0 unspecified atom stereocenters. The van der Waals surface area contributed by atoms with Gasteiger partial charge in [-0.05, 0) is 29.1 Å². The Morgan fingerprint density at radius 2 is 1.96 bits per heavy atom. The molecule has 0 amide bonds. The van der Waals surface area contributed by atoms with E-state index >= 15 is 0 Å². The Labute approximate surface area is 158 Å². The first-order valence-electron chi connectivity index (χ1n) is 7.18. The van der Waals surface area contributed by atoms with E-state index < -0.39 is 0 Å². The summed E-state index contributed by atoms with van der Waals surface area (Å²) in [5, 5.41) is 22.2. The molecule has 0 aliphatic heterocycles. The third kappa shape index (κ3) is 3.62. The van der Waals surface area contributed by atoms with Gasteiger partial charge in [0, 0.05) is 21.2 Å². The van der Waals surface area contributed by atoms with Crippen LogP contribution in [0.4, 0.5) is 5.82 Å². The van der Waals surface area contributed by atoms with E-state index in [9.17, 15) is 10.5 Å². The maximum atomic E-state index is 9.68. The van der Waals surface area contributed by atoms with Crippen molar-refractivity contribution in [3.05, 3.63) is 63.5 Å². The van der Waals surface area contributed by atoms with Crippen molar-refractivity contribution in [2.75, 3.05) is 5.73 Å². The van der Waals surface area contributed by atoms with Gasteiger partial charge in [-0.15, -0.1) is 23.1 Å². The summed E-state index contributed by atoms with van der Waals surface area (Å²) < 4.78 is 0. The van der Waals surface area contributed by atoms with Gasteiger partial charge in [-0.1, -0.05) is 29.8 Å². The summed E-state index contributed by atoms with van der Waals surface area (Å²) in [6, 6.07) is 15.5. The maximum Gasteiger partial charge on any atom is 0.143 e. The van der Waals surface area contributed by atoms with Crippen molar-refractivity contribution in [1.29, 1.82) is 10.5 Å². The van der Waals surface area contributed by atoms with Crippen molar-refractivity contribution in [3.63, 3.8) is 0 Å². The summed E-state index contributed by atoms with van der Waals surface area (Å²) in [6.07, 6.45) is 0. The van der Waals surface area contributed by atoms with E-state index in [2.05, 4.69) is 17.1 Å². The second-order valence-corrected chi connectivity index (χ2v) is 7.39. The van der Waals surface area contributed by atoms with Crippen molar-refractivity contribution >= 4 is 40.5 Å². The zero-order valence-corrected chi connectivity index (χ0v) is 15.3. The monoisotopic (exact) mass is 382 g/mol. The molecule has 0 radical (unpaired) electrons. The lowest BCUT2D eigenvalue weighted by molar-refractivity contribution is 1.11. The van der Waals surface area contributed by atoms with Gasteiger partial charge < -0.3 is 5.73 Å². The van der Waals surface area contributed by atoms with Crippen LogP contribution in [0, 0.1) is 22.7 Å². The SMILES string of the molecule is N#Cc1c(N)nc(SCc2cccc(Cl)c2)c(C#N)c1-c1cccs1. The van der Waals surface area contributed by atoms with E-state index in [-0.39, 0.29) is 11.4 Å². The maximum absolute atomic E-state index is 9.68. The van der Waals surface area contributed by atoms with Gasteiger partial charge in [-0.25, -0.2) is 4.98 Å². The first-order valence-corrected chi connectivity index (χ1v) is 9.43. The third-order valence-corrected chi connectivity index (χ3v) is 5.62. The number of pyridine rings is 1. The van der Waals surface area contributed by atoms with E-state index in [0.29, 0.717) is 26.9 Å². The highest BCUT2D eigenvalue weighted by Gasteiger charge is 2.21. The van der Waals surface area contributed by atoms with Gasteiger partial charge in [0.15, 0.2) is 0 Å². The highest BCUT2D eigenvalue weighted by atomic mass is 35.5. The molecule has 0 spiro atoms. The number of rotatable bonds is 4. The molecule has 0 aliphatic carbocycles. The van der Waals surface area contributed by atoms with E-state index in [4.69, 9.17) is 17.3 Å². The molecule has 0 fully saturated rings. The van der Waals surface area contributed by atoms with Gasteiger partial charge in [0.05, 0.1) is 5.56 Å². The number of nitriles is 2. The number of thioether (sulfide) groups is 1. The van der Waals surface area contributed by atoms with E-state index in [1.54, 1.807) is 0 Å². The van der Waals surface area contributed by atoms with Crippen LogP contribution in [0.3, 0.4) is 0 Å². The number of nitrogen functional groups attached to an aromatic ring is 1. The van der Waals surface area contributed by atoms with Crippen molar-refractivity contribution in [3.8, 4) is 22.6 Å². The predicted molar refractivity (Wildman–Crippen MR) is 102 cm³/mol. The molecule has 3 aromatic rings. The zero-order valence-electron chi connectivity index (χ0n) is 12.9. The molecule has 2 N–H and O–H groups in total. The Hall–Kier alpha value is -2.51. The molecule has 4 nitrogen and oxygen atoms in total. The molecule has 0 saturated heterocycles. The van der Waals surface area contributed by atoms with Gasteiger partial charge in [0.25, 0.3) is 0 Å². The van der Waals surface area contributed by atoms with Gasteiger partial charge in [-0.2, -0.15) is 10.5 Å². The molecule has 2 aromatic heterocycles. The zero-order chi connectivity index (χ0) is 17.8. The largest absolute Gasteiger partial charge is 0.383 e. The standard InChI is InChI=1S/C18H11ClN4S2/c19-12-4-1-3-11(7-12)10-25-18-14(9-21)16(15-5-2-6-24-15)13(8-20)17(22)23-18/h1-7H,10H2,(H2,22,23). The smallest absolute Gasteiger partial charge is 0.143 e. The van der Waals surface area contributed by atoms with Crippen LogP contribution in [0.1, 0.15) is 16.7 Å². The minimum absolute atomic E-state index is 0.137. The average molecular weight is 383 g/mol. The lowest BCUT2D eigenvalue weighted by Gasteiger charge is -2.11. The molecule has 0 bridgehead atoms. The molecule has 7 heteroatoms. The summed E-state index contributed by atoms with van der Waals surface area (Å²) in [5.41, 5.74) is 8.17. The number of thiophene rings is 1. The minimum Gasteiger partial charge on any atom is -0.383 e. The quantitative estimate of drug-likeness (QED) is 0.635. The molecular weight excluding hydrogens is 372 g/mol. The van der Waals surface area contributed by atoms with Crippen molar-refractivity contribution in [2.45, 2.75) is 10.8 Å². The van der Waals surface area contributed by atoms with Crippen molar-refractivity contribution in [1.82, 2.24) is 4.98 Å². The molecule has 25 heavy (non-hydrogen) atoms. The van der Waals surface area contributed by atoms with E-state index in [1.807, 2.05) is 41.8 Å². The molecule has 0 saturated carbocycles. The number of halogens is 1. The van der Waals surface area contributed by atoms with Gasteiger partial charge in [0.2, 0.25) is 0 Å². The number of hydrogen-bond acceptors (Lipinski definition) is 6. The first-order chi connectivity index (χ1) is 12.1. The number of nitrogens with zero attached hydrogens (tertiary/aromatic N) is 3. The molecular formula is C18H11ClN4S2. The van der Waals surface area contributed by atoms with Crippen LogP contribution < -0.4 is 5.73 Å². The summed E-state index contributed by atoms with van der Waals surface area (Å²) in [6.45, 7) is 0. The van der Waals surface area contributed by atoms with E-state index in [0.717, 1.165) is 10.4 Å². The van der Waals surface area contributed by atoms with Crippen LogP contribution in [0.25, 0.3) is 10.4 Å². The summed E-state index contributed by atoms with van der Waals surface area (Å²) in [7, 11) is 0.